The van der Waals surface area contributed by atoms with E-state index in [4.69, 9.17) is 0 Å². The fourth-order valence-electron chi connectivity index (χ4n) is 1.82. The second-order valence-electron chi connectivity index (χ2n) is 4.70. The second-order valence-corrected chi connectivity index (χ2v) is 5.48. The molecular weight excluding hydrogens is 226 g/mol. The zero-order valence-electron chi connectivity index (χ0n) is 10.6. The molecule has 0 aliphatic heterocycles. The number of hydrogen-bond donors (Lipinski definition) is 1. The first-order chi connectivity index (χ1) is 8.16. The van der Waals surface area contributed by atoms with Gasteiger partial charge in [0.25, 0.3) is 0 Å². The molecule has 2 heteroatoms. The van der Waals surface area contributed by atoms with E-state index in [9.17, 15) is 0 Å². The van der Waals surface area contributed by atoms with Crippen molar-refractivity contribution in [1.29, 1.82) is 0 Å². The van der Waals surface area contributed by atoms with Gasteiger partial charge in [0, 0.05) is 11.7 Å². The summed E-state index contributed by atoms with van der Waals surface area (Å²) in [5.74, 6) is 0.596. The van der Waals surface area contributed by atoms with Crippen LogP contribution in [-0.4, -0.2) is 0 Å². The van der Waals surface area contributed by atoms with Crippen molar-refractivity contribution >= 4 is 17.0 Å². The zero-order valence-corrected chi connectivity index (χ0v) is 11.4. The van der Waals surface area contributed by atoms with Gasteiger partial charge in [-0.2, -0.15) is 11.3 Å². The summed E-state index contributed by atoms with van der Waals surface area (Å²) in [6, 6.07) is 11.3. The van der Waals surface area contributed by atoms with Crippen molar-refractivity contribution in [3.05, 3.63) is 52.2 Å². The lowest BCUT2D eigenvalue weighted by molar-refractivity contribution is 0.863. The van der Waals surface area contributed by atoms with Gasteiger partial charge < -0.3 is 5.32 Å². The van der Waals surface area contributed by atoms with Crippen LogP contribution >= 0.6 is 11.3 Å². The SMILES string of the molecule is CC(C)c1ccc(NC(C)c2ccsc2)cc1. The van der Waals surface area contributed by atoms with Crippen LogP contribution in [0.1, 0.15) is 43.9 Å². The van der Waals surface area contributed by atoms with E-state index in [-0.39, 0.29) is 0 Å². The van der Waals surface area contributed by atoms with Gasteiger partial charge in [-0.3, -0.25) is 0 Å². The lowest BCUT2D eigenvalue weighted by Gasteiger charge is -2.15. The summed E-state index contributed by atoms with van der Waals surface area (Å²) >= 11 is 1.74. The summed E-state index contributed by atoms with van der Waals surface area (Å²) in [7, 11) is 0. The molecule has 0 saturated heterocycles. The average molecular weight is 245 g/mol. The maximum absolute atomic E-state index is 3.52. The summed E-state index contributed by atoms with van der Waals surface area (Å²) in [4.78, 5) is 0. The molecule has 2 aromatic rings. The number of thiophene rings is 1. The van der Waals surface area contributed by atoms with Crippen LogP contribution < -0.4 is 5.32 Å². The molecule has 1 nitrogen and oxygen atoms in total. The molecule has 0 bridgehead atoms. The van der Waals surface area contributed by atoms with Crippen LogP contribution in [0.2, 0.25) is 0 Å². The molecule has 0 spiro atoms. The Hall–Kier alpha value is -1.28. The number of nitrogens with one attached hydrogen (secondary N) is 1. The monoisotopic (exact) mass is 245 g/mol. The Morgan fingerprint density at radius 2 is 1.65 bits per heavy atom. The summed E-state index contributed by atoms with van der Waals surface area (Å²) in [5, 5.41) is 7.83. The third-order valence-corrected chi connectivity index (χ3v) is 3.71. The third kappa shape index (κ3) is 3.10. The van der Waals surface area contributed by atoms with Gasteiger partial charge in [-0.15, -0.1) is 0 Å². The van der Waals surface area contributed by atoms with Crippen molar-refractivity contribution in [3.8, 4) is 0 Å². The maximum atomic E-state index is 3.52. The largest absolute Gasteiger partial charge is 0.378 e. The number of anilines is 1. The minimum atomic E-state index is 0.367. The van der Waals surface area contributed by atoms with E-state index in [1.54, 1.807) is 11.3 Å². The first-order valence-corrected chi connectivity index (χ1v) is 6.99. The molecule has 1 aromatic carbocycles. The predicted octanol–water partition coefficient (Wildman–Crippen LogP) is 5.04. The lowest BCUT2D eigenvalue weighted by Crippen LogP contribution is -2.05. The summed E-state index contributed by atoms with van der Waals surface area (Å²) in [6.45, 7) is 6.63. The molecule has 2 rings (SSSR count). The van der Waals surface area contributed by atoms with Crippen LogP contribution in [0.4, 0.5) is 5.69 Å². The van der Waals surface area contributed by atoms with Crippen molar-refractivity contribution in [2.45, 2.75) is 32.7 Å². The molecule has 17 heavy (non-hydrogen) atoms. The molecule has 90 valence electrons. The fourth-order valence-corrected chi connectivity index (χ4v) is 2.57. The Balaban J connectivity index is 2.04. The number of rotatable bonds is 4. The quantitative estimate of drug-likeness (QED) is 0.795. The van der Waals surface area contributed by atoms with Crippen molar-refractivity contribution < 1.29 is 0 Å². The van der Waals surface area contributed by atoms with E-state index in [1.165, 1.54) is 16.8 Å². The number of hydrogen-bond acceptors (Lipinski definition) is 2. The fraction of sp³-hybridized carbons (Fsp3) is 0.333. The molecule has 0 radical (unpaired) electrons. The summed E-state index contributed by atoms with van der Waals surface area (Å²) in [5.41, 5.74) is 3.93. The van der Waals surface area contributed by atoms with Gasteiger partial charge in [0.05, 0.1) is 0 Å². The van der Waals surface area contributed by atoms with Crippen molar-refractivity contribution in [1.82, 2.24) is 0 Å². The molecule has 1 heterocycles. The van der Waals surface area contributed by atoms with Gasteiger partial charge in [-0.05, 0) is 52.9 Å². The highest BCUT2D eigenvalue weighted by atomic mass is 32.1. The number of benzene rings is 1. The highest BCUT2D eigenvalue weighted by molar-refractivity contribution is 7.07. The highest BCUT2D eigenvalue weighted by Gasteiger charge is 2.05. The Morgan fingerprint density at radius 3 is 2.18 bits per heavy atom. The van der Waals surface area contributed by atoms with E-state index in [0.29, 0.717) is 12.0 Å². The normalized spacial score (nSPS) is 12.7. The maximum Gasteiger partial charge on any atom is 0.0493 e. The molecule has 1 aromatic heterocycles. The standard InChI is InChI=1S/C15H19NS/c1-11(2)13-4-6-15(7-5-13)16-12(3)14-8-9-17-10-14/h4-12,16H,1-3H3. The molecule has 0 amide bonds. The topological polar surface area (TPSA) is 12.0 Å². The molecule has 0 fully saturated rings. The van der Waals surface area contributed by atoms with Gasteiger partial charge in [-0.25, -0.2) is 0 Å². The first-order valence-electron chi connectivity index (χ1n) is 6.05. The van der Waals surface area contributed by atoms with Crippen LogP contribution in [-0.2, 0) is 0 Å². The van der Waals surface area contributed by atoms with Crippen LogP contribution in [0.3, 0.4) is 0 Å². The molecule has 0 saturated carbocycles. The van der Waals surface area contributed by atoms with E-state index >= 15 is 0 Å². The zero-order chi connectivity index (χ0) is 12.3. The van der Waals surface area contributed by atoms with Gasteiger partial charge in [-0.1, -0.05) is 26.0 Å². The van der Waals surface area contributed by atoms with E-state index < -0.39 is 0 Å². The average Bonchev–Trinajstić information content (AvgIpc) is 2.83. The van der Waals surface area contributed by atoms with Gasteiger partial charge >= 0.3 is 0 Å². The van der Waals surface area contributed by atoms with Gasteiger partial charge in [0.2, 0.25) is 0 Å². The van der Waals surface area contributed by atoms with Crippen LogP contribution in [0.5, 0.6) is 0 Å². The molecule has 1 atom stereocenters. The molecule has 1 unspecified atom stereocenters. The summed E-state index contributed by atoms with van der Waals surface area (Å²) < 4.78 is 0. The van der Waals surface area contributed by atoms with Crippen LogP contribution in [0, 0.1) is 0 Å². The highest BCUT2D eigenvalue weighted by Crippen LogP contribution is 2.23. The molecule has 1 N–H and O–H groups in total. The van der Waals surface area contributed by atoms with Gasteiger partial charge in [0.15, 0.2) is 0 Å². The molecule has 0 aliphatic carbocycles. The van der Waals surface area contributed by atoms with Crippen molar-refractivity contribution in [3.63, 3.8) is 0 Å². The van der Waals surface area contributed by atoms with Crippen molar-refractivity contribution in [2.24, 2.45) is 0 Å². The lowest BCUT2D eigenvalue weighted by atomic mass is 10.0. The van der Waals surface area contributed by atoms with Crippen LogP contribution in [0.25, 0.3) is 0 Å². The Labute approximate surface area is 108 Å². The molecule has 0 aliphatic rings. The predicted molar refractivity (Wildman–Crippen MR) is 76.9 cm³/mol. The van der Waals surface area contributed by atoms with Crippen molar-refractivity contribution in [2.75, 3.05) is 5.32 Å². The summed E-state index contributed by atoms with van der Waals surface area (Å²) in [6.07, 6.45) is 0. The van der Waals surface area contributed by atoms with E-state index in [2.05, 4.69) is 67.2 Å². The minimum absolute atomic E-state index is 0.367. The van der Waals surface area contributed by atoms with Gasteiger partial charge in [0.1, 0.15) is 0 Å². The Morgan fingerprint density at radius 1 is 0.941 bits per heavy atom. The smallest absolute Gasteiger partial charge is 0.0493 e. The third-order valence-electron chi connectivity index (χ3n) is 3.00. The van der Waals surface area contributed by atoms with E-state index in [1.807, 2.05) is 0 Å². The first kappa shape index (κ1) is 12.2. The molecular formula is C15H19NS. The Kier molecular flexibility index (Phi) is 3.85. The second kappa shape index (κ2) is 5.37. The van der Waals surface area contributed by atoms with Crippen LogP contribution in [0.15, 0.2) is 41.1 Å². The van der Waals surface area contributed by atoms with E-state index in [0.717, 1.165) is 0 Å². The minimum Gasteiger partial charge on any atom is -0.378 e. The Bertz CT molecular complexity index is 442.